The minimum absolute atomic E-state index is 0.0801. The molecule has 2 atom stereocenters. The molecule has 132 valence electrons. The second-order valence-electron chi connectivity index (χ2n) is 7.63. The van der Waals surface area contributed by atoms with Gasteiger partial charge in [-0.25, -0.2) is 14.2 Å². The van der Waals surface area contributed by atoms with E-state index in [2.05, 4.69) is 10.3 Å². The number of rotatable bonds is 2. The molecule has 1 saturated heterocycles. The molecule has 1 amide bonds. The van der Waals surface area contributed by atoms with Crippen LogP contribution in [0.2, 0.25) is 5.15 Å². The van der Waals surface area contributed by atoms with Gasteiger partial charge in [-0.2, -0.15) is 0 Å². The molecule has 1 aliphatic heterocycles. The van der Waals surface area contributed by atoms with Crippen molar-refractivity contribution < 1.29 is 13.9 Å². The number of amides is 1. The number of nitrogens with one attached hydrogen (secondary N) is 1. The fourth-order valence-electron chi connectivity index (χ4n) is 3.74. The predicted octanol–water partition coefficient (Wildman–Crippen LogP) is 3.61. The predicted molar refractivity (Wildman–Crippen MR) is 90.8 cm³/mol. The van der Waals surface area contributed by atoms with Gasteiger partial charge in [0.2, 0.25) is 0 Å². The molecule has 1 saturated carbocycles. The van der Waals surface area contributed by atoms with Crippen LogP contribution in [-0.4, -0.2) is 35.8 Å². The van der Waals surface area contributed by atoms with E-state index in [1.165, 1.54) is 0 Å². The normalized spacial score (nSPS) is 26.4. The lowest BCUT2D eigenvalue weighted by Crippen LogP contribution is -2.53. The van der Waals surface area contributed by atoms with Gasteiger partial charge in [-0.1, -0.05) is 11.6 Å². The Balaban J connectivity index is 1.68. The van der Waals surface area contributed by atoms with Crippen molar-refractivity contribution in [2.45, 2.75) is 45.3 Å². The molecule has 0 aromatic carbocycles. The molecule has 5 nitrogen and oxygen atoms in total. The molecule has 1 aromatic rings. The maximum atomic E-state index is 14.1. The minimum Gasteiger partial charge on any atom is -0.444 e. The average molecular weight is 356 g/mol. The number of carbonyl (C=O) groups is 1. The molecule has 2 aliphatic rings. The van der Waals surface area contributed by atoms with Gasteiger partial charge in [-0.15, -0.1) is 0 Å². The topological polar surface area (TPSA) is 54.5 Å². The Kier molecular flexibility index (Phi) is 4.60. The molecule has 1 aromatic heterocycles. The zero-order chi connectivity index (χ0) is 17.5. The number of carbonyl (C=O) groups excluding carboxylic acids is 1. The first-order valence-electron chi connectivity index (χ1n) is 8.28. The maximum Gasteiger partial charge on any atom is 0.407 e. The molecule has 2 heterocycles. The van der Waals surface area contributed by atoms with Gasteiger partial charge in [0.25, 0.3) is 0 Å². The number of hydrogen-bond donors (Lipinski definition) is 1. The van der Waals surface area contributed by atoms with Crippen molar-refractivity contribution >= 4 is 23.4 Å². The number of halogens is 2. The standard InChI is InChI=1S/C17H23ClFN3O2/c1-17(2,3)24-16(23)21-15-10-4-5-11(15)9-22(8-10)13-6-14(18)20-7-12(13)19/h6-7,10-11,15H,4-5,8-9H2,1-3H3,(H,21,23). The van der Waals surface area contributed by atoms with Crippen LogP contribution in [-0.2, 0) is 4.74 Å². The molecule has 0 radical (unpaired) electrons. The maximum absolute atomic E-state index is 14.1. The summed E-state index contributed by atoms with van der Waals surface area (Å²) in [6.45, 7) is 6.92. The highest BCUT2D eigenvalue weighted by molar-refractivity contribution is 6.29. The summed E-state index contributed by atoms with van der Waals surface area (Å²) in [6.07, 6.45) is 2.81. The Morgan fingerprint density at radius 2 is 2.00 bits per heavy atom. The fourth-order valence-corrected chi connectivity index (χ4v) is 3.90. The highest BCUT2D eigenvalue weighted by Gasteiger charge is 2.43. The molecule has 0 spiro atoms. The van der Waals surface area contributed by atoms with Gasteiger partial charge < -0.3 is 15.0 Å². The van der Waals surface area contributed by atoms with Crippen LogP contribution in [0.3, 0.4) is 0 Å². The highest BCUT2D eigenvalue weighted by atomic mass is 35.5. The summed E-state index contributed by atoms with van der Waals surface area (Å²) < 4.78 is 19.4. The second-order valence-corrected chi connectivity index (χ2v) is 8.02. The second kappa shape index (κ2) is 6.39. The molecule has 1 aliphatic carbocycles. The SMILES string of the molecule is CC(C)(C)OC(=O)NC1C2CCC1CN(c1cc(Cl)ncc1F)C2. The van der Waals surface area contributed by atoms with Crippen LogP contribution in [0.15, 0.2) is 12.3 Å². The van der Waals surface area contributed by atoms with E-state index < -0.39 is 5.60 Å². The van der Waals surface area contributed by atoms with E-state index in [1.807, 2.05) is 25.7 Å². The summed E-state index contributed by atoms with van der Waals surface area (Å²) in [7, 11) is 0. The monoisotopic (exact) mass is 355 g/mol. The lowest BCUT2D eigenvalue weighted by atomic mass is 9.92. The summed E-state index contributed by atoms with van der Waals surface area (Å²) in [5, 5.41) is 3.30. The Morgan fingerprint density at radius 3 is 2.58 bits per heavy atom. The Bertz CT molecular complexity index is 621. The molecule has 2 unspecified atom stereocenters. The van der Waals surface area contributed by atoms with Crippen molar-refractivity contribution in [1.82, 2.24) is 10.3 Å². The molecule has 3 rings (SSSR count). The summed E-state index contributed by atoms with van der Waals surface area (Å²) in [6, 6.07) is 1.65. The first kappa shape index (κ1) is 17.3. The van der Waals surface area contributed by atoms with Gasteiger partial charge in [-0.05, 0) is 45.4 Å². The van der Waals surface area contributed by atoms with E-state index in [-0.39, 0.29) is 34.9 Å². The third-order valence-electron chi connectivity index (χ3n) is 4.66. The van der Waals surface area contributed by atoms with E-state index in [9.17, 15) is 9.18 Å². The molecular weight excluding hydrogens is 333 g/mol. The van der Waals surface area contributed by atoms with Gasteiger partial charge in [0.15, 0.2) is 5.82 Å². The van der Waals surface area contributed by atoms with Gasteiger partial charge in [0.1, 0.15) is 10.8 Å². The lowest BCUT2D eigenvalue weighted by Gasteiger charge is -2.39. The third kappa shape index (κ3) is 3.74. The first-order chi connectivity index (χ1) is 11.2. The van der Waals surface area contributed by atoms with Crippen LogP contribution in [0.25, 0.3) is 0 Å². The quantitative estimate of drug-likeness (QED) is 0.823. The Labute approximate surface area is 146 Å². The van der Waals surface area contributed by atoms with E-state index in [4.69, 9.17) is 16.3 Å². The number of alkyl carbamates (subject to hydrolysis) is 1. The fraction of sp³-hybridized carbons (Fsp3) is 0.647. The Morgan fingerprint density at radius 1 is 1.38 bits per heavy atom. The van der Waals surface area contributed by atoms with Crippen molar-refractivity contribution in [2.75, 3.05) is 18.0 Å². The zero-order valence-corrected chi connectivity index (χ0v) is 14.9. The van der Waals surface area contributed by atoms with Crippen LogP contribution in [0.5, 0.6) is 0 Å². The van der Waals surface area contributed by atoms with Crippen molar-refractivity contribution in [3.63, 3.8) is 0 Å². The minimum atomic E-state index is -0.513. The number of piperidine rings is 1. The van der Waals surface area contributed by atoms with Crippen molar-refractivity contribution in [3.05, 3.63) is 23.2 Å². The van der Waals surface area contributed by atoms with E-state index in [0.717, 1.165) is 19.0 Å². The molecule has 24 heavy (non-hydrogen) atoms. The molecule has 7 heteroatoms. The number of ether oxygens (including phenoxy) is 1. The third-order valence-corrected chi connectivity index (χ3v) is 4.87. The lowest BCUT2D eigenvalue weighted by molar-refractivity contribution is 0.0472. The van der Waals surface area contributed by atoms with Crippen molar-refractivity contribution in [1.29, 1.82) is 0 Å². The van der Waals surface area contributed by atoms with E-state index >= 15 is 0 Å². The summed E-state index contributed by atoms with van der Waals surface area (Å²) >= 11 is 5.91. The molecular formula is C17H23ClFN3O2. The number of fused-ring (bicyclic) bond motifs is 2. The summed E-state index contributed by atoms with van der Waals surface area (Å²) in [5.41, 5.74) is -0.0246. The van der Waals surface area contributed by atoms with Crippen molar-refractivity contribution in [2.24, 2.45) is 11.8 Å². The van der Waals surface area contributed by atoms with Gasteiger partial charge in [0, 0.05) is 25.2 Å². The number of hydrogen-bond acceptors (Lipinski definition) is 4. The largest absolute Gasteiger partial charge is 0.444 e. The molecule has 2 fully saturated rings. The Hall–Kier alpha value is -1.56. The van der Waals surface area contributed by atoms with Gasteiger partial charge in [-0.3, -0.25) is 0 Å². The molecule has 1 N–H and O–H groups in total. The van der Waals surface area contributed by atoms with Crippen LogP contribution < -0.4 is 10.2 Å². The van der Waals surface area contributed by atoms with Crippen molar-refractivity contribution in [3.8, 4) is 0 Å². The number of anilines is 1. The highest BCUT2D eigenvalue weighted by Crippen LogP contribution is 2.39. The first-order valence-corrected chi connectivity index (χ1v) is 8.66. The average Bonchev–Trinajstić information content (AvgIpc) is 2.70. The van der Waals surface area contributed by atoms with E-state index in [1.54, 1.807) is 6.07 Å². The van der Waals surface area contributed by atoms with Crippen LogP contribution in [0.4, 0.5) is 14.9 Å². The van der Waals surface area contributed by atoms with E-state index in [0.29, 0.717) is 18.8 Å². The number of pyridine rings is 1. The summed E-state index contributed by atoms with van der Waals surface area (Å²) in [5.74, 6) is 0.197. The zero-order valence-electron chi connectivity index (χ0n) is 14.2. The molecule has 2 bridgehead atoms. The van der Waals surface area contributed by atoms with Gasteiger partial charge in [0.05, 0.1) is 11.9 Å². The number of nitrogens with zero attached hydrogens (tertiary/aromatic N) is 2. The van der Waals surface area contributed by atoms with Gasteiger partial charge >= 0.3 is 6.09 Å². The van der Waals surface area contributed by atoms with Crippen LogP contribution in [0, 0.1) is 17.7 Å². The smallest absolute Gasteiger partial charge is 0.407 e. The van der Waals surface area contributed by atoms with Crippen LogP contribution >= 0.6 is 11.6 Å². The summed E-state index contributed by atoms with van der Waals surface area (Å²) in [4.78, 5) is 17.8. The van der Waals surface area contributed by atoms with Crippen LogP contribution in [0.1, 0.15) is 33.6 Å². The number of aromatic nitrogens is 1.